The van der Waals surface area contributed by atoms with Gasteiger partial charge in [-0.3, -0.25) is 0 Å². The molecule has 1 spiro atoms. The van der Waals surface area contributed by atoms with E-state index >= 15 is 0 Å². The first-order valence-electron chi connectivity index (χ1n) is 11.1. The lowest BCUT2D eigenvalue weighted by Crippen LogP contribution is -2.76. The number of fused-ring (bicyclic) bond motifs is 2. The third-order valence-corrected chi connectivity index (χ3v) is 8.28. The second-order valence-electron chi connectivity index (χ2n) is 9.64. The summed E-state index contributed by atoms with van der Waals surface area (Å²) in [5.41, 5.74) is -0.0860. The van der Waals surface area contributed by atoms with Crippen molar-refractivity contribution in [3.63, 3.8) is 0 Å². The minimum absolute atomic E-state index is 0.0860. The number of aliphatic hydroxyl groups is 2. The summed E-state index contributed by atoms with van der Waals surface area (Å²) >= 11 is 0. The Morgan fingerprint density at radius 3 is 2.33 bits per heavy atom. The molecule has 0 radical (unpaired) electrons. The van der Waals surface area contributed by atoms with E-state index in [1.807, 2.05) is 0 Å². The highest BCUT2D eigenvalue weighted by Crippen LogP contribution is 2.72. The lowest BCUT2D eigenvalue weighted by atomic mass is 9.38. The normalized spacial score (nSPS) is 42.3. The summed E-state index contributed by atoms with van der Waals surface area (Å²) in [6.45, 7) is 8.02. The summed E-state index contributed by atoms with van der Waals surface area (Å²) < 4.78 is 12.5. The van der Waals surface area contributed by atoms with Gasteiger partial charge in [-0.25, -0.2) is 0 Å². The highest BCUT2D eigenvalue weighted by Gasteiger charge is 2.77. The standard InChI is InChI=1S/C23H36O4/c1-15(2)22-12-11-20(25)18(9-10-19(24)17-7-5-4-6-8-17)21(22)16(3)23(22)26-13-14-27-23/h15-21,24-25H,4-8,11-14H2,1-3H3/t16?,18-,19+,20+,21+,22+/m0/s1. The molecule has 0 aromatic heterocycles. The van der Waals surface area contributed by atoms with Gasteiger partial charge in [-0.2, -0.15) is 0 Å². The van der Waals surface area contributed by atoms with Crippen molar-refractivity contribution in [2.24, 2.45) is 35.0 Å². The monoisotopic (exact) mass is 376 g/mol. The Kier molecular flexibility index (Phi) is 5.35. The molecule has 1 aliphatic heterocycles. The molecule has 4 nitrogen and oxygen atoms in total. The van der Waals surface area contributed by atoms with Gasteiger partial charge in [0, 0.05) is 11.3 Å². The number of rotatable bonds is 2. The van der Waals surface area contributed by atoms with Crippen LogP contribution in [0.15, 0.2) is 0 Å². The Balaban J connectivity index is 1.59. The van der Waals surface area contributed by atoms with Crippen LogP contribution in [0, 0.1) is 46.8 Å². The third kappa shape index (κ3) is 2.81. The smallest absolute Gasteiger partial charge is 0.177 e. The lowest BCUT2D eigenvalue weighted by Gasteiger charge is -2.71. The van der Waals surface area contributed by atoms with E-state index in [9.17, 15) is 10.2 Å². The Bertz CT molecular complexity index is 593. The summed E-state index contributed by atoms with van der Waals surface area (Å²) in [6, 6.07) is 0. The van der Waals surface area contributed by atoms with Crippen LogP contribution in [-0.2, 0) is 9.47 Å². The molecule has 0 amide bonds. The van der Waals surface area contributed by atoms with Gasteiger partial charge in [-0.15, -0.1) is 0 Å². The lowest BCUT2D eigenvalue weighted by molar-refractivity contribution is -0.398. The number of hydrogen-bond acceptors (Lipinski definition) is 4. The molecule has 27 heavy (non-hydrogen) atoms. The fourth-order valence-corrected chi connectivity index (χ4v) is 6.99. The van der Waals surface area contributed by atoms with Gasteiger partial charge in [0.25, 0.3) is 0 Å². The van der Waals surface area contributed by atoms with E-state index in [1.54, 1.807) is 0 Å². The topological polar surface area (TPSA) is 58.9 Å². The quantitative estimate of drug-likeness (QED) is 0.726. The first-order chi connectivity index (χ1) is 12.9. The van der Waals surface area contributed by atoms with Gasteiger partial charge < -0.3 is 19.7 Å². The van der Waals surface area contributed by atoms with E-state index in [2.05, 4.69) is 32.6 Å². The SMILES string of the molecule is CC1[C@@H]2[C@@H](C#C[C@@H](O)C3CCCCC3)[C@H](O)CC[C@]2(C(C)C)C12OCCO2. The predicted molar refractivity (Wildman–Crippen MR) is 104 cm³/mol. The van der Waals surface area contributed by atoms with Crippen LogP contribution in [0.1, 0.15) is 65.7 Å². The number of ether oxygens (including phenoxy) is 2. The van der Waals surface area contributed by atoms with E-state index in [1.165, 1.54) is 19.3 Å². The zero-order chi connectivity index (χ0) is 19.2. The maximum Gasteiger partial charge on any atom is 0.177 e. The Morgan fingerprint density at radius 2 is 1.70 bits per heavy atom. The molecule has 4 fully saturated rings. The zero-order valence-corrected chi connectivity index (χ0v) is 17.1. The Hall–Kier alpha value is -0.600. The highest BCUT2D eigenvalue weighted by atomic mass is 16.7. The van der Waals surface area contributed by atoms with Gasteiger partial charge >= 0.3 is 0 Å². The maximum atomic E-state index is 10.8. The second kappa shape index (κ2) is 7.34. The summed E-state index contributed by atoms with van der Waals surface area (Å²) in [5, 5.41) is 21.4. The first-order valence-corrected chi connectivity index (χ1v) is 11.1. The molecule has 1 saturated heterocycles. The molecular formula is C23H36O4. The summed E-state index contributed by atoms with van der Waals surface area (Å²) in [7, 11) is 0. The van der Waals surface area contributed by atoms with Crippen LogP contribution < -0.4 is 0 Å². The van der Waals surface area contributed by atoms with Crippen LogP contribution in [0.4, 0.5) is 0 Å². The van der Waals surface area contributed by atoms with Gasteiger partial charge in [0.2, 0.25) is 0 Å². The number of hydrogen-bond donors (Lipinski definition) is 2. The van der Waals surface area contributed by atoms with E-state index in [0.29, 0.717) is 25.0 Å². The largest absolute Gasteiger partial charge is 0.392 e. The van der Waals surface area contributed by atoms with Crippen LogP contribution in [0.25, 0.3) is 0 Å². The first kappa shape index (κ1) is 19.7. The highest BCUT2D eigenvalue weighted by molar-refractivity contribution is 5.25. The molecule has 152 valence electrons. The van der Waals surface area contributed by atoms with Gasteiger partial charge in [0.1, 0.15) is 6.10 Å². The fraction of sp³-hybridized carbons (Fsp3) is 0.913. The van der Waals surface area contributed by atoms with Crippen molar-refractivity contribution in [1.82, 2.24) is 0 Å². The Morgan fingerprint density at radius 1 is 1.04 bits per heavy atom. The molecule has 2 N–H and O–H groups in total. The minimum atomic E-state index is -0.559. The van der Waals surface area contributed by atoms with Crippen LogP contribution in [-0.4, -0.2) is 41.4 Å². The molecule has 0 aromatic carbocycles. The van der Waals surface area contributed by atoms with Crippen LogP contribution in [0.5, 0.6) is 0 Å². The molecule has 3 aliphatic carbocycles. The molecular weight excluding hydrogens is 340 g/mol. The molecule has 4 rings (SSSR count). The molecule has 3 saturated carbocycles. The summed E-state index contributed by atoms with van der Waals surface area (Å²) in [4.78, 5) is 0. The molecule has 0 bridgehead atoms. The minimum Gasteiger partial charge on any atom is -0.392 e. The molecule has 1 unspecified atom stereocenters. The Labute approximate surface area is 164 Å². The van der Waals surface area contributed by atoms with Crippen molar-refractivity contribution in [1.29, 1.82) is 0 Å². The van der Waals surface area contributed by atoms with E-state index in [4.69, 9.17) is 9.47 Å². The molecule has 4 aliphatic rings. The van der Waals surface area contributed by atoms with Crippen molar-refractivity contribution in [3.8, 4) is 11.8 Å². The van der Waals surface area contributed by atoms with Crippen molar-refractivity contribution < 1.29 is 19.7 Å². The predicted octanol–water partition coefficient (Wildman–Crippen LogP) is 3.35. The van der Waals surface area contributed by atoms with E-state index < -0.39 is 18.0 Å². The molecule has 1 heterocycles. The number of aliphatic hydroxyl groups excluding tert-OH is 2. The average Bonchev–Trinajstić information content (AvgIpc) is 3.19. The van der Waals surface area contributed by atoms with Crippen LogP contribution in [0.2, 0.25) is 0 Å². The summed E-state index contributed by atoms with van der Waals surface area (Å²) in [5.74, 6) is 7.07. The zero-order valence-electron chi connectivity index (χ0n) is 17.1. The van der Waals surface area contributed by atoms with E-state index in [0.717, 1.165) is 25.7 Å². The van der Waals surface area contributed by atoms with Crippen LogP contribution in [0.3, 0.4) is 0 Å². The van der Waals surface area contributed by atoms with Crippen molar-refractivity contribution in [3.05, 3.63) is 0 Å². The summed E-state index contributed by atoms with van der Waals surface area (Å²) in [6.07, 6.45) is 6.49. The fourth-order valence-electron chi connectivity index (χ4n) is 6.99. The second-order valence-corrected chi connectivity index (χ2v) is 9.64. The van der Waals surface area contributed by atoms with Crippen molar-refractivity contribution in [2.75, 3.05) is 13.2 Å². The molecule has 6 atom stereocenters. The van der Waals surface area contributed by atoms with Gasteiger partial charge in [-0.05, 0) is 43.4 Å². The van der Waals surface area contributed by atoms with Crippen molar-refractivity contribution >= 4 is 0 Å². The molecule has 0 aromatic rings. The van der Waals surface area contributed by atoms with E-state index in [-0.39, 0.29) is 23.2 Å². The maximum absolute atomic E-state index is 10.8. The molecule has 4 heteroatoms. The average molecular weight is 377 g/mol. The van der Waals surface area contributed by atoms with Gasteiger partial charge in [-0.1, -0.05) is 51.9 Å². The van der Waals surface area contributed by atoms with Gasteiger partial charge in [0.05, 0.1) is 25.2 Å². The van der Waals surface area contributed by atoms with Crippen molar-refractivity contribution in [2.45, 2.75) is 83.7 Å². The van der Waals surface area contributed by atoms with Gasteiger partial charge in [0.15, 0.2) is 5.79 Å². The van der Waals surface area contributed by atoms with Crippen LogP contribution >= 0.6 is 0 Å². The third-order valence-electron chi connectivity index (χ3n) is 8.28.